The van der Waals surface area contributed by atoms with Gasteiger partial charge in [-0.25, -0.2) is 4.79 Å². The Hall–Kier alpha value is -2.36. The molecule has 1 atom stereocenters. The van der Waals surface area contributed by atoms with Gasteiger partial charge in [-0.3, -0.25) is 9.48 Å². The van der Waals surface area contributed by atoms with E-state index in [2.05, 4.69) is 31.7 Å². The van der Waals surface area contributed by atoms with Gasteiger partial charge in [0.25, 0.3) is 0 Å². The predicted molar refractivity (Wildman–Crippen MR) is 107 cm³/mol. The molecule has 1 aromatic heterocycles. The molecule has 3 aliphatic rings. The standard InChI is InChI=1S/C19H28N4O.C2HF3O2/c24-19(12-16-6-2-1-3-7-16)22-14-17-8-9-20-23(17)18(15-22)13-21-10-4-5-11-21;3-2(4,5)1(6)7/h6,8-9,18H,1-5,7,10-15H2;(H,6,7). The summed E-state index contributed by atoms with van der Waals surface area (Å²) in [6, 6.07) is 2.36. The first-order valence-electron chi connectivity index (χ1n) is 10.7. The average molecular weight is 442 g/mol. The summed E-state index contributed by atoms with van der Waals surface area (Å²) in [5.74, 6) is -2.46. The summed E-state index contributed by atoms with van der Waals surface area (Å²) in [7, 11) is 0. The molecule has 172 valence electrons. The fourth-order valence-electron chi connectivity index (χ4n) is 4.35. The minimum Gasteiger partial charge on any atom is -0.475 e. The minimum atomic E-state index is -5.08. The Kier molecular flexibility index (Phi) is 7.74. The van der Waals surface area contributed by atoms with Gasteiger partial charge in [0.2, 0.25) is 5.91 Å². The van der Waals surface area contributed by atoms with Crippen LogP contribution in [0.25, 0.3) is 0 Å². The molecule has 3 heterocycles. The molecule has 0 aromatic carbocycles. The van der Waals surface area contributed by atoms with Crippen LogP contribution in [0.4, 0.5) is 13.2 Å². The van der Waals surface area contributed by atoms with E-state index in [9.17, 15) is 18.0 Å². The number of halogens is 3. The van der Waals surface area contributed by atoms with Gasteiger partial charge in [0.15, 0.2) is 0 Å². The van der Waals surface area contributed by atoms with Crippen molar-refractivity contribution in [3.8, 4) is 0 Å². The molecule has 0 spiro atoms. The SMILES string of the molecule is O=C(CC1=CCCCC1)N1Cc2ccnn2C(CN2CCCC2)C1.O=C(O)C(F)(F)F. The lowest BCUT2D eigenvalue weighted by molar-refractivity contribution is -0.192. The number of carbonyl (C=O) groups is 2. The number of fused-ring (bicyclic) bond motifs is 1. The number of nitrogens with zero attached hydrogens (tertiary/aromatic N) is 4. The van der Waals surface area contributed by atoms with Crippen LogP contribution in [0.2, 0.25) is 0 Å². The second-order valence-corrected chi connectivity index (χ2v) is 8.29. The van der Waals surface area contributed by atoms with Gasteiger partial charge in [-0.15, -0.1) is 0 Å². The number of rotatable bonds is 4. The fraction of sp³-hybridized carbons (Fsp3) is 0.667. The predicted octanol–water partition coefficient (Wildman–Crippen LogP) is 3.39. The van der Waals surface area contributed by atoms with Crippen LogP contribution in [0.15, 0.2) is 23.9 Å². The van der Waals surface area contributed by atoms with Crippen molar-refractivity contribution in [2.45, 2.75) is 63.7 Å². The Morgan fingerprint density at radius 1 is 1.16 bits per heavy atom. The van der Waals surface area contributed by atoms with Crippen molar-refractivity contribution in [1.82, 2.24) is 19.6 Å². The minimum absolute atomic E-state index is 0.294. The molecule has 31 heavy (non-hydrogen) atoms. The van der Waals surface area contributed by atoms with E-state index in [4.69, 9.17) is 9.90 Å². The average Bonchev–Trinajstić information content (AvgIpc) is 3.40. The maximum Gasteiger partial charge on any atom is 0.490 e. The zero-order valence-corrected chi connectivity index (χ0v) is 17.5. The van der Waals surface area contributed by atoms with Crippen LogP contribution in [0.5, 0.6) is 0 Å². The Bertz CT molecular complexity index is 800. The Balaban J connectivity index is 0.000000339. The molecule has 0 radical (unpaired) electrons. The van der Waals surface area contributed by atoms with E-state index in [1.54, 1.807) is 0 Å². The lowest BCUT2D eigenvalue weighted by Crippen LogP contribution is -2.45. The van der Waals surface area contributed by atoms with E-state index in [0.29, 0.717) is 24.9 Å². The van der Waals surface area contributed by atoms with E-state index in [1.807, 2.05) is 6.20 Å². The number of aliphatic carboxylic acids is 1. The third-order valence-electron chi connectivity index (χ3n) is 5.91. The first-order chi connectivity index (χ1) is 14.7. The molecule has 1 saturated heterocycles. The number of hydrogen-bond donors (Lipinski definition) is 1. The largest absolute Gasteiger partial charge is 0.490 e. The summed E-state index contributed by atoms with van der Waals surface area (Å²) < 4.78 is 33.9. The van der Waals surface area contributed by atoms with E-state index >= 15 is 0 Å². The molecule has 1 aliphatic carbocycles. The number of allylic oxidation sites excluding steroid dienone is 1. The van der Waals surface area contributed by atoms with Crippen molar-refractivity contribution in [3.63, 3.8) is 0 Å². The van der Waals surface area contributed by atoms with Gasteiger partial charge in [-0.1, -0.05) is 11.6 Å². The molecule has 2 aliphatic heterocycles. The summed E-state index contributed by atoms with van der Waals surface area (Å²) in [6.45, 7) is 4.91. The van der Waals surface area contributed by atoms with Crippen molar-refractivity contribution < 1.29 is 27.9 Å². The quantitative estimate of drug-likeness (QED) is 0.724. The van der Waals surface area contributed by atoms with Crippen LogP contribution >= 0.6 is 0 Å². The summed E-state index contributed by atoms with van der Waals surface area (Å²) in [5, 5.41) is 11.7. The molecular weight excluding hydrogens is 413 g/mol. The van der Waals surface area contributed by atoms with E-state index in [-0.39, 0.29) is 0 Å². The number of amides is 1. The van der Waals surface area contributed by atoms with Crippen molar-refractivity contribution in [1.29, 1.82) is 0 Å². The third-order valence-corrected chi connectivity index (χ3v) is 5.91. The number of hydrogen-bond acceptors (Lipinski definition) is 4. The van der Waals surface area contributed by atoms with Crippen LogP contribution in [-0.4, -0.2) is 68.9 Å². The van der Waals surface area contributed by atoms with Gasteiger partial charge in [-0.2, -0.15) is 18.3 Å². The second kappa shape index (κ2) is 10.3. The topological polar surface area (TPSA) is 78.7 Å². The lowest BCUT2D eigenvalue weighted by Gasteiger charge is -2.36. The number of likely N-dealkylation sites (tertiary alicyclic amines) is 1. The molecular formula is C21H29F3N4O3. The number of alkyl halides is 3. The van der Waals surface area contributed by atoms with Crippen molar-refractivity contribution in [2.24, 2.45) is 0 Å². The smallest absolute Gasteiger partial charge is 0.475 e. The maximum absolute atomic E-state index is 12.8. The normalized spacial score (nSPS) is 21.7. The molecule has 4 rings (SSSR count). The van der Waals surface area contributed by atoms with Gasteiger partial charge in [0.05, 0.1) is 18.3 Å². The summed E-state index contributed by atoms with van der Waals surface area (Å²) in [5.41, 5.74) is 2.53. The number of carboxylic acids is 1. The molecule has 1 aromatic rings. The van der Waals surface area contributed by atoms with Gasteiger partial charge in [0.1, 0.15) is 0 Å². The van der Waals surface area contributed by atoms with Crippen molar-refractivity contribution in [3.05, 3.63) is 29.6 Å². The summed E-state index contributed by atoms with van der Waals surface area (Å²) in [6.07, 6.45) is 7.07. The Morgan fingerprint density at radius 2 is 1.87 bits per heavy atom. The summed E-state index contributed by atoms with van der Waals surface area (Å²) in [4.78, 5) is 26.3. The second-order valence-electron chi connectivity index (χ2n) is 8.29. The highest BCUT2D eigenvalue weighted by atomic mass is 19.4. The van der Waals surface area contributed by atoms with Crippen LogP contribution in [0.3, 0.4) is 0 Å². The molecule has 7 nitrogen and oxygen atoms in total. The molecule has 1 amide bonds. The third kappa shape index (κ3) is 6.56. The van der Waals surface area contributed by atoms with Crippen LogP contribution in [-0.2, 0) is 16.1 Å². The molecule has 1 unspecified atom stereocenters. The number of carboxylic acid groups (broad SMARTS) is 1. The van der Waals surface area contributed by atoms with E-state index < -0.39 is 12.1 Å². The molecule has 0 saturated carbocycles. The molecule has 0 bridgehead atoms. The lowest BCUT2D eigenvalue weighted by atomic mass is 9.96. The van der Waals surface area contributed by atoms with Crippen LogP contribution in [0.1, 0.15) is 56.7 Å². The highest BCUT2D eigenvalue weighted by molar-refractivity contribution is 5.79. The van der Waals surface area contributed by atoms with Gasteiger partial charge >= 0.3 is 12.1 Å². The highest BCUT2D eigenvalue weighted by Gasteiger charge is 2.38. The first-order valence-corrected chi connectivity index (χ1v) is 10.7. The van der Waals surface area contributed by atoms with Gasteiger partial charge in [0, 0.05) is 25.7 Å². The van der Waals surface area contributed by atoms with Crippen molar-refractivity contribution in [2.75, 3.05) is 26.2 Å². The molecule has 1 N–H and O–H groups in total. The summed E-state index contributed by atoms with van der Waals surface area (Å²) >= 11 is 0. The van der Waals surface area contributed by atoms with Crippen LogP contribution in [0, 0.1) is 0 Å². The van der Waals surface area contributed by atoms with Crippen molar-refractivity contribution >= 4 is 11.9 Å². The number of carbonyl (C=O) groups excluding carboxylic acids is 1. The van der Waals surface area contributed by atoms with E-state index in [1.165, 1.54) is 50.0 Å². The maximum atomic E-state index is 12.8. The monoisotopic (exact) mass is 442 g/mol. The van der Waals surface area contributed by atoms with Gasteiger partial charge < -0.3 is 14.9 Å². The van der Waals surface area contributed by atoms with Gasteiger partial charge in [-0.05, 0) is 57.7 Å². The zero-order valence-electron chi connectivity index (χ0n) is 17.5. The molecule has 10 heteroatoms. The fourth-order valence-corrected chi connectivity index (χ4v) is 4.35. The molecule has 1 fully saturated rings. The Morgan fingerprint density at radius 3 is 2.48 bits per heavy atom. The first kappa shape index (κ1) is 23.3. The van der Waals surface area contributed by atoms with E-state index in [0.717, 1.165) is 25.9 Å². The zero-order chi connectivity index (χ0) is 22.4. The highest BCUT2D eigenvalue weighted by Crippen LogP contribution is 2.26. The number of aromatic nitrogens is 2. The Labute approximate surface area is 179 Å². The van der Waals surface area contributed by atoms with Crippen LogP contribution < -0.4 is 0 Å².